The van der Waals surface area contributed by atoms with E-state index in [2.05, 4.69) is 11.4 Å². The normalized spacial score (nSPS) is 16.9. The second-order valence-corrected chi connectivity index (χ2v) is 7.08. The molecule has 0 saturated carbocycles. The van der Waals surface area contributed by atoms with Crippen LogP contribution in [0.15, 0.2) is 48.2 Å². The van der Waals surface area contributed by atoms with Gasteiger partial charge in [-0.15, -0.1) is 0 Å². The smallest absolute Gasteiger partial charge is 0.262 e. The Kier molecular flexibility index (Phi) is 5.43. The molecule has 0 aliphatic carbocycles. The topological polar surface area (TPSA) is 67.0 Å². The first-order valence-electron chi connectivity index (χ1n) is 8.75. The van der Waals surface area contributed by atoms with Crippen LogP contribution in [0.1, 0.15) is 43.5 Å². The number of nitrogens with one attached hydrogen (secondary N) is 1. The highest BCUT2D eigenvalue weighted by atomic mass is 32.1. The number of methoxy groups -OCH3 is 1. The Balaban J connectivity index is 2.07. The van der Waals surface area contributed by atoms with Gasteiger partial charge >= 0.3 is 0 Å². The van der Waals surface area contributed by atoms with Crippen molar-refractivity contribution in [2.75, 3.05) is 7.11 Å². The summed E-state index contributed by atoms with van der Waals surface area (Å²) in [7, 11) is 1.61. The van der Waals surface area contributed by atoms with E-state index in [1.165, 1.54) is 0 Å². The molecular weight excluding hydrogens is 358 g/mol. The molecule has 1 amide bonds. The first-order chi connectivity index (χ1) is 13.0. The zero-order valence-electron chi connectivity index (χ0n) is 15.5. The van der Waals surface area contributed by atoms with E-state index in [4.69, 9.17) is 17.0 Å². The Bertz CT molecular complexity index is 997. The minimum absolute atomic E-state index is 0.132. The van der Waals surface area contributed by atoms with E-state index in [9.17, 15) is 10.1 Å². The Labute approximate surface area is 163 Å². The fourth-order valence-electron chi connectivity index (χ4n) is 3.27. The van der Waals surface area contributed by atoms with Crippen molar-refractivity contribution in [3.8, 4) is 11.8 Å². The van der Waals surface area contributed by atoms with Crippen LogP contribution < -0.4 is 10.1 Å². The van der Waals surface area contributed by atoms with Crippen LogP contribution in [0.25, 0.3) is 5.57 Å². The van der Waals surface area contributed by atoms with Crippen molar-refractivity contribution in [2.24, 2.45) is 0 Å². The Morgan fingerprint density at radius 1 is 1.30 bits per heavy atom. The van der Waals surface area contributed by atoms with Crippen LogP contribution >= 0.6 is 12.2 Å². The number of pyridine rings is 1. The Hall–Kier alpha value is -2.91. The first-order valence-corrected chi connectivity index (χ1v) is 9.16. The zero-order valence-corrected chi connectivity index (χ0v) is 16.3. The van der Waals surface area contributed by atoms with E-state index in [0.29, 0.717) is 16.6 Å². The van der Waals surface area contributed by atoms with Crippen LogP contribution in [0.3, 0.4) is 0 Å². The Morgan fingerprint density at radius 3 is 2.59 bits per heavy atom. The number of ether oxygens (including phenoxy) is 1. The lowest BCUT2D eigenvalue weighted by Gasteiger charge is -2.27. The van der Waals surface area contributed by atoms with Crippen molar-refractivity contribution in [3.63, 3.8) is 0 Å². The third-order valence-corrected chi connectivity index (χ3v) is 5.16. The molecule has 138 valence electrons. The van der Waals surface area contributed by atoms with Gasteiger partial charge in [-0.1, -0.05) is 30.4 Å². The van der Waals surface area contributed by atoms with Gasteiger partial charge in [0.25, 0.3) is 5.91 Å². The van der Waals surface area contributed by atoms with Crippen molar-refractivity contribution in [1.29, 1.82) is 5.26 Å². The highest BCUT2D eigenvalue weighted by Gasteiger charge is 2.29. The molecule has 3 rings (SSSR count). The predicted octanol–water partition coefficient (Wildman–Crippen LogP) is 4.35. The fraction of sp³-hybridized carbons (Fsp3) is 0.286. The molecule has 6 heteroatoms. The molecule has 1 aromatic heterocycles. The van der Waals surface area contributed by atoms with E-state index < -0.39 is 0 Å². The van der Waals surface area contributed by atoms with E-state index in [-0.39, 0.29) is 23.6 Å². The molecule has 1 aliphatic heterocycles. The van der Waals surface area contributed by atoms with Gasteiger partial charge in [0.15, 0.2) is 0 Å². The molecule has 0 bridgehead atoms. The van der Waals surface area contributed by atoms with Gasteiger partial charge in [-0.25, -0.2) is 0 Å². The number of carbonyl (C=O) groups is 1. The van der Waals surface area contributed by atoms with Crippen molar-refractivity contribution < 1.29 is 9.53 Å². The predicted molar refractivity (Wildman–Crippen MR) is 107 cm³/mol. The summed E-state index contributed by atoms with van der Waals surface area (Å²) in [6, 6.07) is 13.4. The summed E-state index contributed by atoms with van der Waals surface area (Å²) >= 11 is 5.65. The average Bonchev–Trinajstić information content (AvgIpc) is 2.67. The molecule has 0 radical (unpaired) electrons. The van der Waals surface area contributed by atoms with Gasteiger partial charge in [0.05, 0.1) is 13.2 Å². The van der Waals surface area contributed by atoms with Gasteiger partial charge < -0.3 is 14.6 Å². The number of rotatable bonds is 4. The number of nitriles is 1. The van der Waals surface area contributed by atoms with E-state index in [0.717, 1.165) is 16.9 Å². The molecule has 1 atom stereocenters. The molecular formula is C21H21N3O2S. The summed E-state index contributed by atoms with van der Waals surface area (Å²) in [6.07, 6.45) is 2.43. The minimum Gasteiger partial charge on any atom is -0.497 e. The maximum Gasteiger partial charge on any atom is 0.262 e. The molecule has 0 fully saturated rings. The molecule has 2 aromatic rings. The van der Waals surface area contributed by atoms with Crippen molar-refractivity contribution in [1.82, 2.24) is 9.88 Å². The van der Waals surface area contributed by atoms with Gasteiger partial charge in [0.1, 0.15) is 22.0 Å². The molecule has 1 N–H and O–H groups in total. The van der Waals surface area contributed by atoms with Crippen LogP contribution in [0.2, 0.25) is 0 Å². The van der Waals surface area contributed by atoms with Gasteiger partial charge in [0.2, 0.25) is 0 Å². The summed E-state index contributed by atoms with van der Waals surface area (Å²) in [5.41, 5.74) is 2.55. The molecule has 1 aliphatic rings. The van der Waals surface area contributed by atoms with Crippen LogP contribution in [-0.4, -0.2) is 17.6 Å². The number of hydrogen-bond donors (Lipinski definition) is 1. The van der Waals surface area contributed by atoms with Gasteiger partial charge in [-0.05, 0) is 49.6 Å². The lowest BCUT2D eigenvalue weighted by atomic mass is 9.88. The van der Waals surface area contributed by atoms with Crippen LogP contribution in [0, 0.1) is 16.0 Å². The first kappa shape index (κ1) is 18.9. The number of benzene rings is 1. The summed E-state index contributed by atoms with van der Waals surface area (Å²) in [6.45, 7) is 4.10. The van der Waals surface area contributed by atoms with E-state index in [1.807, 2.05) is 61.0 Å². The molecule has 1 unspecified atom stereocenters. The highest BCUT2D eigenvalue weighted by molar-refractivity contribution is 7.71. The lowest BCUT2D eigenvalue weighted by molar-refractivity contribution is -0.118. The van der Waals surface area contributed by atoms with Gasteiger partial charge in [-0.2, -0.15) is 5.26 Å². The molecule has 0 saturated heterocycles. The summed E-state index contributed by atoms with van der Waals surface area (Å²) in [4.78, 5) is 12.6. The van der Waals surface area contributed by atoms with Crippen LogP contribution in [0.4, 0.5) is 0 Å². The average molecular weight is 379 g/mol. The van der Waals surface area contributed by atoms with E-state index >= 15 is 0 Å². The number of aromatic nitrogens is 1. The summed E-state index contributed by atoms with van der Waals surface area (Å²) in [5, 5.41) is 12.5. The maximum atomic E-state index is 12.6. The molecule has 2 heterocycles. The van der Waals surface area contributed by atoms with Crippen LogP contribution in [-0.2, 0) is 4.79 Å². The Morgan fingerprint density at radius 2 is 2.00 bits per heavy atom. The third-order valence-electron chi connectivity index (χ3n) is 4.73. The summed E-state index contributed by atoms with van der Waals surface area (Å²) in [5.74, 6) is 0.386. The maximum absolute atomic E-state index is 12.6. The second-order valence-electron chi connectivity index (χ2n) is 6.70. The van der Waals surface area contributed by atoms with E-state index in [1.54, 1.807) is 7.11 Å². The lowest BCUT2D eigenvalue weighted by Crippen LogP contribution is -2.34. The minimum atomic E-state index is -0.367. The standard InChI is InChI=1S/C21H21N3O2S/c1-13(2)24-10-4-5-16(21(24)27)17-11-19(23-20(25)18(17)12-22)14-6-8-15(26-3)9-7-14/h4-10,13,19H,11H2,1-3H3,(H,23,25). The third kappa shape index (κ3) is 3.64. The molecule has 27 heavy (non-hydrogen) atoms. The van der Waals surface area contributed by atoms with Gasteiger partial charge in [-0.3, -0.25) is 4.79 Å². The quantitative estimate of drug-likeness (QED) is 0.802. The van der Waals surface area contributed by atoms with Crippen LogP contribution in [0.5, 0.6) is 5.75 Å². The largest absolute Gasteiger partial charge is 0.497 e. The number of amides is 1. The highest BCUT2D eigenvalue weighted by Crippen LogP contribution is 2.35. The number of nitrogens with zero attached hydrogens (tertiary/aromatic N) is 2. The number of hydrogen-bond acceptors (Lipinski definition) is 4. The zero-order chi connectivity index (χ0) is 19.6. The SMILES string of the molecule is COc1ccc(C2CC(c3cccn(C(C)C)c3=S)=C(C#N)C(=O)N2)cc1. The fourth-order valence-corrected chi connectivity index (χ4v) is 3.73. The van der Waals surface area contributed by atoms with Crippen molar-refractivity contribution in [2.45, 2.75) is 32.4 Å². The molecule has 0 spiro atoms. The second kappa shape index (κ2) is 7.77. The monoisotopic (exact) mass is 379 g/mol. The van der Waals surface area contributed by atoms with Crippen molar-refractivity contribution >= 4 is 23.7 Å². The number of carbonyl (C=O) groups excluding carboxylic acids is 1. The van der Waals surface area contributed by atoms with Crippen molar-refractivity contribution in [3.05, 3.63) is 63.9 Å². The molecule has 1 aromatic carbocycles. The summed E-state index contributed by atoms with van der Waals surface area (Å²) < 4.78 is 7.81. The van der Waals surface area contributed by atoms with Gasteiger partial charge in [0, 0.05) is 17.8 Å². The molecule has 5 nitrogen and oxygen atoms in total.